The zero-order valence-electron chi connectivity index (χ0n) is 7.02. The van der Waals surface area contributed by atoms with Gasteiger partial charge in [-0.3, -0.25) is 9.59 Å². The Hall–Kier alpha value is -0.870. The van der Waals surface area contributed by atoms with E-state index in [1.54, 1.807) is 12.3 Å². The molecular formula is C9H8O2S2. The van der Waals surface area contributed by atoms with Crippen LogP contribution >= 0.6 is 23.1 Å². The number of thioether (sulfide) groups is 1. The molecule has 0 unspecified atom stereocenters. The van der Waals surface area contributed by atoms with Crippen molar-refractivity contribution in [3.8, 4) is 0 Å². The largest absolute Gasteiger partial charge is 0.285 e. The topological polar surface area (TPSA) is 34.1 Å². The summed E-state index contributed by atoms with van der Waals surface area (Å²) in [6, 6.07) is 3.78. The highest BCUT2D eigenvalue weighted by Gasteiger charge is 2.06. The first kappa shape index (κ1) is 10.2. The third kappa shape index (κ3) is 3.16. The Kier molecular flexibility index (Phi) is 3.92. The Morgan fingerprint density at radius 1 is 1.54 bits per heavy atom. The molecule has 0 aliphatic rings. The van der Waals surface area contributed by atoms with E-state index < -0.39 is 10.9 Å². The fraction of sp³-hybridized carbons (Fsp3) is 0.111. The van der Waals surface area contributed by atoms with Gasteiger partial charge in [-0.1, -0.05) is 17.8 Å². The average molecular weight is 212 g/mol. The van der Waals surface area contributed by atoms with E-state index in [1.165, 1.54) is 17.4 Å². The Morgan fingerprint density at radius 3 is 2.85 bits per heavy atom. The summed E-state index contributed by atoms with van der Waals surface area (Å²) >= 11 is 2.46. The van der Waals surface area contributed by atoms with Crippen molar-refractivity contribution >= 4 is 40.1 Å². The summed E-state index contributed by atoms with van der Waals surface area (Å²) in [4.78, 5) is 22.8. The van der Waals surface area contributed by atoms with E-state index in [0.29, 0.717) is 0 Å². The van der Waals surface area contributed by atoms with Gasteiger partial charge >= 0.3 is 0 Å². The second-order valence-electron chi connectivity index (χ2n) is 2.20. The van der Waals surface area contributed by atoms with Gasteiger partial charge in [0.1, 0.15) is 0 Å². The van der Waals surface area contributed by atoms with Crippen LogP contribution in [-0.2, 0) is 9.59 Å². The second-order valence-corrected chi connectivity index (χ2v) is 3.96. The van der Waals surface area contributed by atoms with E-state index in [9.17, 15) is 9.59 Å². The lowest BCUT2D eigenvalue weighted by Crippen LogP contribution is -2.04. The molecule has 1 rings (SSSR count). The molecule has 68 valence electrons. The number of carbonyl (C=O) groups is 2. The lowest BCUT2D eigenvalue weighted by atomic mass is 10.3. The Balaban J connectivity index is 2.59. The zero-order valence-corrected chi connectivity index (χ0v) is 8.65. The van der Waals surface area contributed by atoms with Crippen LogP contribution in [-0.4, -0.2) is 17.2 Å². The van der Waals surface area contributed by atoms with Crippen molar-refractivity contribution in [2.24, 2.45) is 0 Å². The first-order valence-electron chi connectivity index (χ1n) is 3.58. The highest BCUT2D eigenvalue weighted by atomic mass is 32.2. The Bertz CT molecular complexity index is 325. The average Bonchev–Trinajstić information content (AvgIpc) is 2.65. The molecule has 0 spiro atoms. The summed E-state index contributed by atoms with van der Waals surface area (Å²) in [5, 5.41) is 1.49. The number of carbonyl (C=O) groups excluding carboxylic acids is 2. The Labute approximate surface area is 84.7 Å². The highest BCUT2D eigenvalue weighted by molar-refractivity contribution is 8.14. The van der Waals surface area contributed by atoms with E-state index in [2.05, 4.69) is 0 Å². The van der Waals surface area contributed by atoms with Crippen LogP contribution in [0.4, 0.5) is 0 Å². The van der Waals surface area contributed by atoms with Gasteiger partial charge in [0, 0.05) is 4.88 Å². The lowest BCUT2D eigenvalue weighted by Gasteiger charge is -1.87. The molecule has 0 aliphatic heterocycles. The molecule has 1 aromatic heterocycles. The van der Waals surface area contributed by atoms with Crippen LogP contribution in [0, 0.1) is 0 Å². The van der Waals surface area contributed by atoms with E-state index in [-0.39, 0.29) is 0 Å². The second kappa shape index (κ2) is 4.99. The van der Waals surface area contributed by atoms with Gasteiger partial charge < -0.3 is 0 Å². The van der Waals surface area contributed by atoms with Crippen molar-refractivity contribution < 1.29 is 9.59 Å². The monoisotopic (exact) mass is 212 g/mol. The van der Waals surface area contributed by atoms with Gasteiger partial charge in [0.05, 0.1) is 0 Å². The highest BCUT2D eigenvalue weighted by Crippen LogP contribution is 2.10. The van der Waals surface area contributed by atoms with Gasteiger partial charge in [-0.2, -0.15) is 0 Å². The minimum Gasteiger partial charge on any atom is -0.285 e. The SMILES string of the molecule is CSC(=O)C(=O)/C=C/c1cccs1. The predicted molar refractivity (Wildman–Crippen MR) is 56.9 cm³/mol. The van der Waals surface area contributed by atoms with E-state index in [4.69, 9.17) is 0 Å². The van der Waals surface area contributed by atoms with E-state index >= 15 is 0 Å². The molecule has 0 atom stereocenters. The van der Waals surface area contributed by atoms with Crippen molar-refractivity contribution in [1.82, 2.24) is 0 Å². The number of hydrogen-bond acceptors (Lipinski definition) is 4. The number of allylic oxidation sites excluding steroid dienone is 1. The number of hydrogen-bond donors (Lipinski definition) is 0. The van der Waals surface area contributed by atoms with Crippen molar-refractivity contribution in [2.75, 3.05) is 6.26 Å². The standard InChI is InChI=1S/C9H8O2S2/c1-12-9(11)8(10)5-4-7-3-2-6-13-7/h2-6H,1H3/b5-4+. The van der Waals surface area contributed by atoms with Crippen molar-refractivity contribution in [2.45, 2.75) is 0 Å². The summed E-state index contributed by atoms with van der Waals surface area (Å²) in [6.45, 7) is 0. The lowest BCUT2D eigenvalue weighted by molar-refractivity contribution is -0.128. The van der Waals surface area contributed by atoms with Crippen molar-refractivity contribution in [1.29, 1.82) is 0 Å². The first-order chi connectivity index (χ1) is 6.24. The molecule has 0 bridgehead atoms. The molecule has 0 saturated carbocycles. The maximum atomic E-state index is 11.0. The minimum absolute atomic E-state index is 0.423. The number of thiophene rings is 1. The molecule has 13 heavy (non-hydrogen) atoms. The molecule has 0 amide bonds. The van der Waals surface area contributed by atoms with E-state index in [1.807, 2.05) is 17.5 Å². The van der Waals surface area contributed by atoms with E-state index in [0.717, 1.165) is 16.6 Å². The molecule has 0 aromatic carbocycles. The molecule has 0 aliphatic carbocycles. The summed E-state index contributed by atoms with van der Waals surface area (Å²) in [7, 11) is 0. The first-order valence-corrected chi connectivity index (χ1v) is 5.68. The van der Waals surface area contributed by atoms with Gasteiger partial charge in [-0.05, 0) is 29.9 Å². The van der Waals surface area contributed by atoms with Crippen LogP contribution in [0.3, 0.4) is 0 Å². The maximum absolute atomic E-state index is 11.0. The Morgan fingerprint density at radius 2 is 2.31 bits per heavy atom. The summed E-state index contributed by atoms with van der Waals surface area (Å²) in [6.07, 6.45) is 4.56. The van der Waals surface area contributed by atoms with Crippen molar-refractivity contribution in [3.05, 3.63) is 28.5 Å². The van der Waals surface area contributed by atoms with Gasteiger partial charge in [-0.25, -0.2) is 0 Å². The van der Waals surface area contributed by atoms with Gasteiger partial charge in [0.15, 0.2) is 0 Å². The van der Waals surface area contributed by atoms with Gasteiger partial charge in [-0.15, -0.1) is 11.3 Å². The third-order valence-electron chi connectivity index (χ3n) is 1.33. The normalized spacial score (nSPS) is 10.5. The number of rotatable bonds is 3. The smallest absolute Gasteiger partial charge is 0.259 e. The molecule has 0 radical (unpaired) electrons. The quantitative estimate of drug-likeness (QED) is 0.569. The molecule has 0 saturated heterocycles. The molecule has 1 aromatic rings. The van der Waals surface area contributed by atoms with Crippen LogP contribution in [0.1, 0.15) is 4.88 Å². The van der Waals surface area contributed by atoms with Crippen LogP contribution in [0.2, 0.25) is 0 Å². The number of ketones is 1. The fourth-order valence-electron chi connectivity index (χ4n) is 0.713. The van der Waals surface area contributed by atoms with Gasteiger partial charge in [0.25, 0.3) is 5.12 Å². The minimum atomic E-state index is -0.457. The summed E-state index contributed by atoms with van der Waals surface area (Å²) < 4.78 is 0. The van der Waals surface area contributed by atoms with Gasteiger partial charge in [0.2, 0.25) is 5.78 Å². The van der Waals surface area contributed by atoms with Crippen LogP contribution in [0.25, 0.3) is 6.08 Å². The molecule has 0 N–H and O–H groups in total. The zero-order chi connectivity index (χ0) is 9.68. The van der Waals surface area contributed by atoms with Crippen LogP contribution in [0.15, 0.2) is 23.6 Å². The predicted octanol–water partition coefficient (Wildman–Crippen LogP) is 2.22. The van der Waals surface area contributed by atoms with Crippen molar-refractivity contribution in [3.63, 3.8) is 0 Å². The molecule has 0 fully saturated rings. The summed E-state index contributed by atoms with van der Waals surface area (Å²) in [5.74, 6) is -0.457. The molecule has 2 nitrogen and oxygen atoms in total. The fourth-order valence-corrected chi connectivity index (χ4v) is 1.60. The van der Waals surface area contributed by atoms with Crippen LogP contribution in [0.5, 0.6) is 0 Å². The molecular weight excluding hydrogens is 204 g/mol. The maximum Gasteiger partial charge on any atom is 0.259 e. The molecule has 4 heteroatoms. The summed E-state index contributed by atoms with van der Waals surface area (Å²) in [5.41, 5.74) is 0. The van der Waals surface area contributed by atoms with Crippen LogP contribution < -0.4 is 0 Å². The molecule has 1 heterocycles. The third-order valence-corrected chi connectivity index (χ3v) is 2.74.